The fraction of sp³-hybridized carbons (Fsp3) is 0.167. The highest BCUT2D eigenvalue weighted by Gasteiger charge is 2.16. The minimum Gasteiger partial charge on any atom is -0.505 e. The minimum absolute atomic E-state index is 0.158. The van der Waals surface area contributed by atoms with E-state index in [9.17, 15) is 9.90 Å². The van der Waals surface area contributed by atoms with Crippen LogP contribution < -0.4 is 11.1 Å². The highest BCUT2D eigenvalue weighted by Crippen LogP contribution is 2.24. The van der Waals surface area contributed by atoms with Gasteiger partial charge in [-0.2, -0.15) is 5.10 Å². The number of para-hydroxylation sites is 1. The van der Waals surface area contributed by atoms with Gasteiger partial charge in [-0.1, -0.05) is 6.07 Å². The molecule has 1 aromatic carbocycles. The van der Waals surface area contributed by atoms with Crippen LogP contribution in [0.3, 0.4) is 0 Å². The largest absolute Gasteiger partial charge is 0.505 e. The Morgan fingerprint density at radius 1 is 1.56 bits per heavy atom. The second-order valence-corrected chi connectivity index (χ2v) is 3.97. The summed E-state index contributed by atoms with van der Waals surface area (Å²) in [6.07, 6.45) is 3.33. The number of anilines is 1. The lowest BCUT2D eigenvalue weighted by molar-refractivity contribution is 0.0937. The summed E-state index contributed by atoms with van der Waals surface area (Å²) in [5.74, 6) is -0.581. The average Bonchev–Trinajstić information content (AvgIpc) is 2.86. The topological polar surface area (TPSA) is 104 Å². The summed E-state index contributed by atoms with van der Waals surface area (Å²) in [5, 5.41) is 18.9. The third-order valence-electron chi connectivity index (χ3n) is 2.68. The molecule has 94 valence electrons. The number of nitrogens with zero attached hydrogens (tertiary/aromatic N) is 1. The van der Waals surface area contributed by atoms with Crippen LogP contribution in [0.15, 0.2) is 30.6 Å². The fourth-order valence-electron chi connectivity index (χ4n) is 1.60. The number of carbonyl (C=O) groups is 1. The monoisotopic (exact) mass is 246 g/mol. The Morgan fingerprint density at radius 2 is 2.33 bits per heavy atom. The maximum absolute atomic E-state index is 12.0. The molecular formula is C12H14N4O2. The molecule has 18 heavy (non-hydrogen) atoms. The van der Waals surface area contributed by atoms with Crippen LogP contribution >= 0.6 is 0 Å². The molecule has 0 saturated heterocycles. The maximum atomic E-state index is 12.0. The van der Waals surface area contributed by atoms with Crippen LogP contribution in [0.2, 0.25) is 0 Å². The number of phenolic OH excluding ortho intramolecular Hbond substituents is 1. The van der Waals surface area contributed by atoms with Crippen LogP contribution in [-0.2, 0) is 0 Å². The quantitative estimate of drug-likeness (QED) is 0.482. The van der Waals surface area contributed by atoms with Gasteiger partial charge >= 0.3 is 0 Å². The summed E-state index contributed by atoms with van der Waals surface area (Å²) < 4.78 is 0. The first-order valence-electron chi connectivity index (χ1n) is 5.46. The molecule has 0 radical (unpaired) electrons. The SMILES string of the molecule is CC(NC(=O)c1cccc(N)c1O)c1cn[nH]c1. The molecule has 2 rings (SSSR count). The van der Waals surface area contributed by atoms with Gasteiger partial charge in [0.1, 0.15) is 0 Å². The van der Waals surface area contributed by atoms with Gasteiger partial charge in [0.25, 0.3) is 5.91 Å². The molecule has 0 fully saturated rings. The maximum Gasteiger partial charge on any atom is 0.255 e. The molecule has 1 aromatic heterocycles. The second kappa shape index (κ2) is 4.79. The van der Waals surface area contributed by atoms with Crippen molar-refractivity contribution >= 4 is 11.6 Å². The Balaban J connectivity index is 2.15. The van der Waals surface area contributed by atoms with Gasteiger partial charge in [-0.25, -0.2) is 0 Å². The van der Waals surface area contributed by atoms with E-state index in [0.29, 0.717) is 0 Å². The number of aromatic hydroxyl groups is 1. The molecular weight excluding hydrogens is 232 g/mol. The molecule has 0 aliphatic carbocycles. The minimum atomic E-state index is -0.381. The molecule has 6 heteroatoms. The zero-order chi connectivity index (χ0) is 13.1. The third-order valence-corrected chi connectivity index (χ3v) is 2.68. The highest BCUT2D eigenvalue weighted by atomic mass is 16.3. The molecule has 0 saturated carbocycles. The number of rotatable bonds is 3. The van der Waals surface area contributed by atoms with Crippen molar-refractivity contribution in [2.75, 3.05) is 5.73 Å². The third kappa shape index (κ3) is 2.27. The molecule has 0 aliphatic rings. The standard InChI is InChI=1S/C12H14N4O2/c1-7(8-5-14-15-6-8)16-12(18)9-3-2-4-10(13)11(9)17/h2-7,17H,13H2,1H3,(H,14,15)(H,16,18). The lowest BCUT2D eigenvalue weighted by Crippen LogP contribution is -2.26. The number of phenols is 1. The summed E-state index contributed by atoms with van der Waals surface area (Å²) in [6.45, 7) is 1.83. The first-order valence-corrected chi connectivity index (χ1v) is 5.46. The van der Waals surface area contributed by atoms with Crippen molar-refractivity contribution < 1.29 is 9.90 Å². The van der Waals surface area contributed by atoms with Crippen LogP contribution in [0, 0.1) is 0 Å². The first-order chi connectivity index (χ1) is 8.59. The summed E-state index contributed by atoms with van der Waals surface area (Å²) >= 11 is 0. The molecule has 1 amide bonds. The molecule has 6 nitrogen and oxygen atoms in total. The van der Waals surface area contributed by atoms with E-state index in [2.05, 4.69) is 15.5 Å². The number of aromatic nitrogens is 2. The number of hydrogen-bond acceptors (Lipinski definition) is 4. The van der Waals surface area contributed by atoms with Crippen molar-refractivity contribution in [3.8, 4) is 5.75 Å². The highest BCUT2D eigenvalue weighted by molar-refractivity contribution is 5.98. The van der Waals surface area contributed by atoms with E-state index in [-0.39, 0.29) is 28.9 Å². The molecule has 5 N–H and O–H groups in total. The van der Waals surface area contributed by atoms with Gasteiger partial charge in [0, 0.05) is 11.8 Å². The number of nitrogens with two attached hydrogens (primary N) is 1. The number of nitrogens with one attached hydrogen (secondary N) is 2. The van der Waals surface area contributed by atoms with E-state index < -0.39 is 0 Å². The number of carbonyl (C=O) groups excluding carboxylic acids is 1. The molecule has 0 spiro atoms. The van der Waals surface area contributed by atoms with E-state index in [1.54, 1.807) is 18.5 Å². The lowest BCUT2D eigenvalue weighted by Gasteiger charge is -2.13. The second-order valence-electron chi connectivity index (χ2n) is 3.97. The predicted molar refractivity (Wildman–Crippen MR) is 67.0 cm³/mol. The average molecular weight is 246 g/mol. The summed E-state index contributed by atoms with van der Waals surface area (Å²) in [5.41, 5.74) is 6.73. The van der Waals surface area contributed by atoms with E-state index >= 15 is 0 Å². The van der Waals surface area contributed by atoms with Crippen molar-refractivity contribution in [2.45, 2.75) is 13.0 Å². The van der Waals surface area contributed by atoms with Gasteiger partial charge in [-0.3, -0.25) is 9.89 Å². The number of H-pyrrole nitrogens is 1. The van der Waals surface area contributed by atoms with Crippen LogP contribution in [0.4, 0.5) is 5.69 Å². The number of benzene rings is 1. The van der Waals surface area contributed by atoms with Crippen LogP contribution in [0.5, 0.6) is 5.75 Å². The zero-order valence-corrected chi connectivity index (χ0v) is 9.84. The van der Waals surface area contributed by atoms with Crippen LogP contribution in [0.1, 0.15) is 28.9 Å². The van der Waals surface area contributed by atoms with Gasteiger partial charge in [0.15, 0.2) is 5.75 Å². The molecule has 1 atom stereocenters. The van der Waals surface area contributed by atoms with Crippen molar-refractivity contribution in [2.24, 2.45) is 0 Å². The summed E-state index contributed by atoms with van der Waals surface area (Å²) in [7, 11) is 0. The van der Waals surface area contributed by atoms with E-state index in [4.69, 9.17) is 5.73 Å². The summed E-state index contributed by atoms with van der Waals surface area (Å²) in [4.78, 5) is 12.0. The Kier molecular flexibility index (Phi) is 3.18. The van der Waals surface area contributed by atoms with E-state index in [1.165, 1.54) is 12.1 Å². The van der Waals surface area contributed by atoms with Gasteiger partial charge in [0.05, 0.1) is 23.5 Å². The molecule has 0 bridgehead atoms. The molecule has 1 unspecified atom stereocenters. The number of amides is 1. The Labute approximate surface area is 104 Å². The van der Waals surface area contributed by atoms with Gasteiger partial charge < -0.3 is 16.2 Å². The van der Waals surface area contributed by atoms with Crippen molar-refractivity contribution in [1.29, 1.82) is 0 Å². The Bertz CT molecular complexity index is 551. The number of nitrogen functional groups attached to an aromatic ring is 1. The molecule has 2 aromatic rings. The van der Waals surface area contributed by atoms with Crippen molar-refractivity contribution in [3.63, 3.8) is 0 Å². The lowest BCUT2D eigenvalue weighted by atomic mass is 10.1. The molecule has 0 aliphatic heterocycles. The normalized spacial score (nSPS) is 12.1. The fourth-order valence-corrected chi connectivity index (χ4v) is 1.60. The zero-order valence-electron chi connectivity index (χ0n) is 9.84. The Morgan fingerprint density at radius 3 is 3.00 bits per heavy atom. The van der Waals surface area contributed by atoms with Gasteiger partial charge in [-0.05, 0) is 19.1 Å². The van der Waals surface area contributed by atoms with Crippen LogP contribution in [0.25, 0.3) is 0 Å². The number of aromatic amines is 1. The summed E-state index contributed by atoms with van der Waals surface area (Å²) in [6, 6.07) is 4.46. The van der Waals surface area contributed by atoms with Gasteiger partial charge in [0.2, 0.25) is 0 Å². The van der Waals surface area contributed by atoms with E-state index in [1.807, 2.05) is 6.92 Å². The van der Waals surface area contributed by atoms with Gasteiger partial charge in [-0.15, -0.1) is 0 Å². The van der Waals surface area contributed by atoms with Crippen LogP contribution in [-0.4, -0.2) is 21.2 Å². The van der Waals surface area contributed by atoms with E-state index in [0.717, 1.165) is 5.56 Å². The Hall–Kier alpha value is -2.50. The number of hydrogen-bond donors (Lipinski definition) is 4. The van der Waals surface area contributed by atoms with Crippen molar-refractivity contribution in [1.82, 2.24) is 15.5 Å². The van der Waals surface area contributed by atoms with Crippen molar-refractivity contribution in [3.05, 3.63) is 41.7 Å². The predicted octanol–water partition coefficient (Wildman–Crippen LogP) is 1.19. The smallest absolute Gasteiger partial charge is 0.255 e. The first kappa shape index (κ1) is 12.0. The molecule has 1 heterocycles.